The monoisotopic (exact) mass is 323 g/mol. The van der Waals surface area contributed by atoms with Crippen LogP contribution in [-0.4, -0.2) is 53.3 Å². The summed E-state index contributed by atoms with van der Waals surface area (Å²) in [5.41, 5.74) is 0. The molecule has 1 aliphatic heterocycles. The van der Waals surface area contributed by atoms with Gasteiger partial charge in [-0.05, 0) is 13.3 Å². The Labute approximate surface area is 126 Å². The van der Waals surface area contributed by atoms with Crippen molar-refractivity contribution in [3.8, 4) is 0 Å². The Morgan fingerprint density at radius 1 is 1.48 bits per heavy atom. The maximum absolute atomic E-state index is 12.6. The van der Waals surface area contributed by atoms with Gasteiger partial charge in [-0.15, -0.1) is 0 Å². The van der Waals surface area contributed by atoms with Gasteiger partial charge in [0, 0.05) is 32.2 Å². The number of aliphatic hydroxyl groups is 1. The number of β-amino-alcohol motifs (C(OH)–C–C–N with tert-alkyl or cyclic N) is 1. The predicted molar refractivity (Wildman–Crippen MR) is 76.7 cm³/mol. The predicted octanol–water partition coefficient (Wildman–Crippen LogP) is 2.44. The van der Waals surface area contributed by atoms with Crippen LogP contribution in [0.25, 0.3) is 0 Å². The number of thiazole rings is 1. The van der Waals surface area contributed by atoms with Crippen LogP contribution in [0.5, 0.6) is 0 Å². The van der Waals surface area contributed by atoms with E-state index in [-0.39, 0.29) is 6.04 Å². The molecule has 2 unspecified atom stereocenters. The van der Waals surface area contributed by atoms with Gasteiger partial charge >= 0.3 is 6.18 Å². The molecule has 120 valence electrons. The Morgan fingerprint density at radius 3 is 2.71 bits per heavy atom. The molecule has 2 heterocycles. The minimum absolute atomic E-state index is 0.228. The van der Waals surface area contributed by atoms with Gasteiger partial charge in [0.25, 0.3) is 0 Å². The van der Waals surface area contributed by atoms with Crippen molar-refractivity contribution in [2.75, 3.05) is 31.1 Å². The molecule has 2 atom stereocenters. The molecular formula is C13H20F3N3OS. The number of nitrogens with zero attached hydrogens (tertiary/aromatic N) is 3. The Morgan fingerprint density at radius 2 is 2.19 bits per heavy atom. The van der Waals surface area contributed by atoms with E-state index in [1.165, 1.54) is 0 Å². The van der Waals surface area contributed by atoms with Crippen LogP contribution in [0.4, 0.5) is 18.3 Å². The molecule has 1 fully saturated rings. The highest BCUT2D eigenvalue weighted by atomic mass is 32.1. The number of hydrogen-bond acceptors (Lipinski definition) is 5. The van der Waals surface area contributed by atoms with Gasteiger partial charge in [0.15, 0.2) is 5.13 Å². The highest BCUT2D eigenvalue weighted by Gasteiger charge is 2.35. The lowest BCUT2D eigenvalue weighted by atomic mass is 10.1. The summed E-state index contributed by atoms with van der Waals surface area (Å²) in [6, 6.07) is 0.228. The van der Waals surface area contributed by atoms with Gasteiger partial charge < -0.3 is 10.0 Å². The van der Waals surface area contributed by atoms with Crippen molar-refractivity contribution in [3.63, 3.8) is 0 Å². The van der Waals surface area contributed by atoms with Crippen molar-refractivity contribution < 1.29 is 18.3 Å². The molecule has 0 saturated carbocycles. The quantitative estimate of drug-likeness (QED) is 0.924. The fraction of sp³-hybridized carbons (Fsp3) is 0.769. The SMILES string of the molecule is CCC1CN(c2ncc(C(F)(F)F)s2)CCN1CC(C)O. The number of aromatic nitrogens is 1. The summed E-state index contributed by atoms with van der Waals surface area (Å²) in [7, 11) is 0. The summed E-state index contributed by atoms with van der Waals surface area (Å²) in [6.45, 7) is 6.39. The van der Waals surface area contributed by atoms with E-state index in [4.69, 9.17) is 0 Å². The number of hydrogen-bond donors (Lipinski definition) is 1. The van der Waals surface area contributed by atoms with Crippen molar-refractivity contribution in [3.05, 3.63) is 11.1 Å². The second kappa shape index (κ2) is 6.50. The van der Waals surface area contributed by atoms with E-state index < -0.39 is 17.2 Å². The molecule has 2 rings (SSSR count). The standard InChI is InChI=1S/C13H20F3N3OS/c1-3-10-8-19(5-4-18(10)7-9(2)20)12-17-6-11(21-12)13(14,15)16/h6,9-10,20H,3-5,7-8H2,1-2H3. The number of alkyl halides is 3. The molecule has 1 aliphatic rings. The number of rotatable bonds is 4. The van der Waals surface area contributed by atoms with E-state index in [1.54, 1.807) is 6.92 Å². The van der Waals surface area contributed by atoms with Gasteiger partial charge in [-0.1, -0.05) is 18.3 Å². The minimum atomic E-state index is -4.33. The highest BCUT2D eigenvalue weighted by molar-refractivity contribution is 7.15. The second-order valence-electron chi connectivity index (χ2n) is 5.36. The van der Waals surface area contributed by atoms with E-state index in [0.717, 1.165) is 19.2 Å². The number of aliphatic hydroxyl groups excluding tert-OH is 1. The Bertz CT molecular complexity index is 464. The van der Waals surface area contributed by atoms with Crippen molar-refractivity contribution in [2.24, 2.45) is 0 Å². The van der Waals surface area contributed by atoms with Crippen LogP contribution in [0.1, 0.15) is 25.1 Å². The van der Waals surface area contributed by atoms with Crippen LogP contribution in [0.3, 0.4) is 0 Å². The van der Waals surface area contributed by atoms with Crippen LogP contribution in [0, 0.1) is 0 Å². The third-order valence-electron chi connectivity index (χ3n) is 3.62. The third kappa shape index (κ3) is 4.08. The maximum Gasteiger partial charge on any atom is 0.427 e. The van der Waals surface area contributed by atoms with E-state index in [1.807, 2.05) is 11.8 Å². The number of piperazine rings is 1. The Hall–Kier alpha value is -0.860. The average molecular weight is 323 g/mol. The summed E-state index contributed by atoms with van der Waals surface area (Å²) < 4.78 is 37.9. The van der Waals surface area contributed by atoms with Crippen LogP contribution < -0.4 is 4.90 Å². The summed E-state index contributed by atoms with van der Waals surface area (Å²) in [6.07, 6.45) is -2.93. The summed E-state index contributed by atoms with van der Waals surface area (Å²) >= 11 is 0.696. The normalized spacial score (nSPS) is 22.6. The summed E-state index contributed by atoms with van der Waals surface area (Å²) in [5.74, 6) is 0. The molecule has 0 bridgehead atoms. The maximum atomic E-state index is 12.6. The molecular weight excluding hydrogens is 303 g/mol. The molecule has 21 heavy (non-hydrogen) atoms. The van der Waals surface area contributed by atoms with E-state index in [2.05, 4.69) is 9.88 Å². The van der Waals surface area contributed by atoms with Crippen molar-refractivity contribution in [1.29, 1.82) is 0 Å². The molecule has 0 radical (unpaired) electrons. The van der Waals surface area contributed by atoms with Gasteiger partial charge in [0.05, 0.1) is 12.3 Å². The Kier molecular flexibility index (Phi) is 5.11. The first-order valence-electron chi connectivity index (χ1n) is 7.01. The van der Waals surface area contributed by atoms with E-state index in [9.17, 15) is 18.3 Å². The zero-order valence-corrected chi connectivity index (χ0v) is 12.9. The lowest BCUT2D eigenvalue weighted by Crippen LogP contribution is -2.54. The van der Waals surface area contributed by atoms with Gasteiger partial charge in [-0.2, -0.15) is 13.2 Å². The molecule has 1 aromatic heterocycles. The smallest absolute Gasteiger partial charge is 0.392 e. The van der Waals surface area contributed by atoms with Gasteiger partial charge in [0.2, 0.25) is 0 Å². The molecule has 0 aromatic carbocycles. The lowest BCUT2D eigenvalue weighted by molar-refractivity contribution is -0.134. The largest absolute Gasteiger partial charge is 0.427 e. The van der Waals surface area contributed by atoms with E-state index in [0.29, 0.717) is 36.1 Å². The van der Waals surface area contributed by atoms with Crippen LogP contribution in [0.15, 0.2) is 6.20 Å². The zero-order valence-electron chi connectivity index (χ0n) is 12.1. The molecule has 1 aromatic rings. The molecule has 0 aliphatic carbocycles. The van der Waals surface area contributed by atoms with Crippen LogP contribution in [-0.2, 0) is 6.18 Å². The minimum Gasteiger partial charge on any atom is -0.392 e. The molecule has 0 spiro atoms. The highest BCUT2D eigenvalue weighted by Crippen LogP contribution is 2.36. The average Bonchev–Trinajstić information content (AvgIpc) is 2.88. The first kappa shape index (κ1) is 16.5. The second-order valence-corrected chi connectivity index (χ2v) is 6.37. The lowest BCUT2D eigenvalue weighted by Gasteiger charge is -2.41. The number of halogens is 3. The fourth-order valence-electron chi connectivity index (χ4n) is 2.58. The summed E-state index contributed by atoms with van der Waals surface area (Å²) in [4.78, 5) is 7.37. The van der Waals surface area contributed by atoms with Gasteiger partial charge in [-0.3, -0.25) is 4.90 Å². The molecule has 1 N–H and O–H groups in total. The van der Waals surface area contributed by atoms with Crippen LogP contribution in [0.2, 0.25) is 0 Å². The van der Waals surface area contributed by atoms with Crippen molar-refractivity contribution in [1.82, 2.24) is 9.88 Å². The Balaban J connectivity index is 2.05. The molecule has 1 saturated heterocycles. The van der Waals surface area contributed by atoms with E-state index >= 15 is 0 Å². The fourth-order valence-corrected chi connectivity index (χ4v) is 3.39. The molecule has 4 nitrogen and oxygen atoms in total. The van der Waals surface area contributed by atoms with Crippen molar-refractivity contribution in [2.45, 2.75) is 38.6 Å². The topological polar surface area (TPSA) is 39.6 Å². The number of anilines is 1. The molecule has 0 amide bonds. The zero-order chi connectivity index (χ0) is 15.6. The van der Waals surface area contributed by atoms with Crippen LogP contribution >= 0.6 is 11.3 Å². The first-order valence-corrected chi connectivity index (χ1v) is 7.83. The summed E-state index contributed by atoms with van der Waals surface area (Å²) in [5, 5.41) is 9.93. The van der Waals surface area contributed by atoms with Gasteiger partial charge in [0.1, 0.15) is 4.88 Å². The van der Waals surface area contributed by atoms with Crippen molar-refractivity contribution >= 4 is 16.5 Å². The molecule has 8 heteroatoms. The van der Waals surface area contributed by atoms with Gasteiger partial charge in [-0.25, -0.2) is 4.98 Å². The first-order chi connectivity index (χ1) is 9.81. The third-order valence-corrected chi connectivity index (χ3v) is 4.72.